The van der Waals surface area contributed by atoms with Crippen LogP contribution >= 0.6 is 0 Å². The van der Waals surface area contributed by atoms with Gasteiger partial charge in [-0.1, -0.05) is 6.07 Å². The van der Waals surface area contributed by atoms with Crippen LogP contribution in [0.5, 0.6) is 5.75 Å². The summed E-state index contributed by atoms with van der Waals surface area (Å²) in [5.74, 6) is -2.15. The van der Waals surface area contributed by atoms with Crippen LogP contribution in [0.4, 0.5) is 11.4 Å². The predicted octanol–water partition coefficient (Wildman–Crippen LogP) is 1.42. The number of aromatic carboxylic acids is 1. The maximum Gasteiger partial charge on any atom is 0.339 e. The highest BCUT2D eigenvalue weighted by atomic mass is 16.4. The molecule has 0 radical (unpaired) electrons. The number of carbonyl (C=O) groups is 2. The van der Waals surface area contributed by atoms with Crippen molar-refractivity contribution < 1.29 is 30.0 Å². The Kier molecular flexibility index (Phi) is 6.16. The van der Waals surface area contributed by atoms with Crippen molar-refractivity contribution >= 4 is 23.3 Å². The summed E-state index contributed by atoms with van der Waals surface area (Å²) in [6, 6.07) is 8.68. The molecule has 6 N–H and O–H groups in total. The molecule has 8 heteroatoms. The maximum atomic E-state index is 12.4. The first-order valence-corrected chi connectivity index (χ1v) is 7.83. The molecule has 0 bridgehead atoms. The van der Waals surface area contributed by atoms with Crippen molar-refractivity contribution in [2.45, 2.75) is 13.0 Å². The molecule has 1 unspecified atom stereocenters. The smallest absolute Gasteiger partial charge is 0.339 e. The average molecular weight is 360 g/mol. The van der Waals surface area contributed by atoms with Crippen LogP contribution in [0.1, 0.15) is 26.3 Å². The number of hydrogen-bond acceptors (Lipinski definition) is 6. The van der Waals surface area contributed by atoms with Crippen LogP contribution in [0.15, 0.2) is 36.4 Å². The number of aryl methyl sites for hydroxylation is 1. The first-order valence-electron chi connectivity index (χ1n) is 7.83. The Hall–Kier alpha value is -3.10. The number of aliphatic hydroxyl groups excluding tert-OH is 2. The minimum atomic E-state index is -1.30. The summed E-state index contributed by atoms with van der Waals surface area (Å²) in [6.45, 7) is 1.58. The molecule has 0 heterocycles. The van der Waals surface area contributed by atoms with Gasteiger partial charge in [0.15, 0.2) is 0 Å². The van der Waals surface area contributed by atoms with E-state index in [0.29, 0.717) is 11.3 Å². The van der Waals surface area contributed by atoms with Crippen molar-refractivity contribution in [1.82, 2.24) is 0 Å². The van der Waals surface area contributed by atoms with Gasteiger partial charge in [0.25, 0.3) is 5.91 Å². The molecular formula is C18H20N2O6. The van der Waals surface area contributed by atoms with E-state index in [1.807, 2.05) is 6.92 Å². The number of carboxylic acid groups (broad SMARTS) is 1. The van der Waals surface area contributed by atoms with Crippen LogP contribution in [0.3, 0.4) is 0 Å². The number of carboxylic acids is 1. The molecule has 8 nitrogen and oxygen atoms in total. The second kappa shape index (κ2) is 8.32. The molecule has 0 aromatic heterocycles. The number of anilines is 2. The SMILES string of the molecule is Cc1ccc(C(=O)Nc2ccc(O)c(C(=O)O)c2)cc1NCC(O)CO. The summed E-state index contributed by atoms with van der Waals surface area (Å²) in [7, 11) is 0. The maximum absolute atomic E-state index is 12.4. The van der Waals surface area contributed by atoms with E-state index in [4.69, 9.17) is 10.2 Å². The molecule has 0 aliphatic heterocycles. The zero-order chi connectivity index (χ0) is 19.3. The summed E-state index contributed by atoms with van der Waals surface area (Å²) < 4.78 is 0. The van der Waals surface area contributed by atoms with Gasteiger partial charge in [0, 0.05) is 23.5 Å². The van der Waals surface area contributed by atoms with E-state index in [1.165, 1.54) is 18.2 Å². The summed E-state index contributed by atoms with van der Waals surface area (Å²) in [5, 5.41) is 42.3. The number of aliphatic hydroxyl groups is 2. The van der Waals surface area contributed by atoms with E-state index in [1.54, 1.807) is 18.2 Å². The van der Waals surface area contributed by atoms with Crippen molar-refractivity contribution in [3.63, 3.8) is 0 Å². The number of phenols is 1. The van der Waals surface area contributed by atoms with Gasteiger partial charge in [-0.25, -0.2) is 4.79 Å². The molecule has 138 valence electrons. The van der Waals surface area contributed by atoms with Gasteiger partial charge in [0.05, 0.1) is 12.7 Å². The minimum Gasteiger partial charge on any atom is -0.507 e. The predicted molar refractivity (Wildman–Crippen MR) is 95.8 cm³/mol. The lowest BCUT2D eigenvalue weighted by Gasteiger charge is -2.14. The van der Waals surface area contributed by atoms with E-state index in [0.717, 1.165) is 5.56 Å². The van der Waals surface area contributed by atoms with Crippen molar-refractivity contribution in [3.8, 4) is 5.75 Å². The van der Waals surface area contributed by atoms with Gasteiger partial charge in [-0.3, -0.25) is 4.79 Å². The number of carbonyl (C=O) groups excluding carboxylic acids is 1. The molecule has 0 aliphatic rings. The van der Waals surface area contributed by atoms with E-state index < -0.39 is 18.0 Å². The lowest BCUT2D eigenvalue weighted by Crippen LogP contribution is -2.23. The van der Waals surface area contributed by atoms with Gasteiger partial charge in [0.2, 0.25) is 0 Å². The Morgan fingerprint density at radius 1 is 1.15 bits per heavy atom. The van der Waals surface area contributed by atoms with Crippen LogP contribution < -0.4 is 10.6 Å². The molecule has 0 saturated carbocycles. The lowest BCUT2D eigenvalue weighted by atomic mass is 10.1. The molecule has 2 aromatic rings. The van der Waals surface area contributed by atoms with Crippen LogP contribution in [-0.4, -0.2) is 51.6 Å². The first kappa shape index (κ1) is 19.2. The summed E-state index contributed by atoms with van der Waals surface area (Å²) in [6.07, 6.45) is -0.918. The normalized spacial score (nSPS) is 11.7. The molecule has 0 aliphatic carbocycles. The Morgan fingerprint density at radius 2 is 1.88 bits per heavy atom. The number of amides is 1. The third-order valence-corrected chi connectivity index (χ3v) is 3.72. The number of rotatable bonds is 7. The van der Waals surface area contributed by atoms with Gasteiger partial charge in [-0.05, 0) is 42.8 Å². The van der Waals surface area contributed by atoms with Crippen LogP contribution in [0, 0.1) is 6.92 Å². The molecule has 26 heavy (non-hydrogen) atoms. The van der Waals surface area contributed by atoms with Crippen molar-refractivity contribution in [2.24, 2.45) is 0 Å². The molecule has 0 saturated heterocycles. The van der Waals surface area contributed by atoms with Crippen LogP contribution in [0.25, 0.3) is 0 Å². The van der Waals surface area contributed by atoms with Crippen molar-refractivity contribution in [2.75, 3.05) is 23.8 Å². The summed E-state index contributed by atoms with van der Waals surface area (Å²) >= 11 is 0. The topological polar surface area (TPSA) is 139 Å². The fourth-order valence-corrected chi connectivity index (χ4v) is 2.23. The molecule has 0 spiro atoms. The van der Waals surface area contributed by atoms with Crippen LogP contribution in [0.2, 0.25) is 0 Å². The van der Waals surface area contributed by atoms with Crippen molar-refractivity contribution in [1.29, 1.82) is 0 Å². The third-order valence-electron chi connectivity index (χ3n) is 3.72. The van der Waals surface area contributed by atoms with Crippen LogP contribution in [-0.2, 0) is 0 Å². The Bertz CT molecular complexity index is 821. The van der Waals surface area contributed by atoms with E-state index in [9.17, 15) is 19.8 Å². The van der Waals surface area contributed by atoms with Gasteiger partial charge < -0.3 is 31.1 Å². The highest BCUT2D eigenvalue weighted by Gasteiger charge is 2.13. The van der Waals surface area contributed by atoms with E-state index in [-0.39, 0.29) is 30.2 Å². The molecule has 0 fully saturated rings. The van der Waals surface area contributed by atoms with Gasteiger partial charge in [-0.15, -0.1) is 0 Å². The second-order valence-electron chi connectivity index (χ2n) is 5.74. The number of benzene rings is 2. The zero-order valence-electron chi connectivity index (χ0n) is 14.1. The molecule has 1 amide bonds. The van der Waals surface area contributed by atoms with E-state index >= 15 is 0 Å². The third kappa shape index (κ3) is 4.71. The second-order valence-corrected chi connectivity index (χ2v) is 5.74. The van der Waals surface area contributed by atoms with Crippen molar-refractivity contribution in [3.05, 3.63) is 53.1 Å². The molecular weight excluding hydrogens is 340 g/mol. The molecule has 2 rings (SSSR count). The number of hydrogen-bond donors (Lipinski definition) is 6. The highest BCUT2D eigenvalue weighted by molar-refractivity contribution is 6.05. The molecule has 2 aromatic carbocycles. The highest BCUT2D eigenvalue weighted by Crippen LogP contribution is 2.23. The quantitative estimate of drug-likeness (QED) is 0.410. The van der Waals surface area contributed by atoms with Gasteiger partial charge in [-0.2, -0.15) is 0 Å². The summed E-state index contributed by atoms with van der Waals surface area (Å²) in [5.41, 5.74) is 1.72. The first-order chi connectivity index (χ1) is 12.3. The summed E-state index contributed by atoms with van der Waals surface area (Å²) in [4.78, 5) is 23.4. The van der Waals surface area contributed by atoms with Gasteiger partial charge in [0.1, 0.15) is 11.3 Å². The monoisotopic (exact) mass is 360 g/mol. The minimum absolute atomic E-state index is 0.127. The lowest BCUT2D eigenvalue weighted by molar-refractivity contribution is 0.0693. The fourth-order valence-electron chi connectivity index (χ4n) is 2.23. The Labute approximate surface area is 149 Å². The average Bonchev–Trinajstić information content (AvgIpc) is 2.61. The Morgan fingerprint density at radius 3 is 2.54 bits per heavy atom. The van der Waals surface area contributed by atoms with Gasteiger partial charge >= 0.3 is 5.97 Å². The largest absolute Gasteiger partial charge is 0.507 e. The number of aromatic hydroxyl groups is 1. The number of nitrogens with one attached hydrogen (secondary N) is 2. The standard InChI is InChI=1S/C18H20N2O6/c1-10-2-3-11(6-15(10)19-8-13(22)9-21)17(24)20-12-4-5-16(23)14(7-12)18(25)26/h2-7,13,19,21-23H,8-9H2,1H3,(H,20,24)(H,25,26). The molecule has 1 atom stereocenters. The zero-order valence-corrected chi connectivity index (χ0v) is 14.1. The van der Waals surface area contributed by atoms with E-state index in [2.05, 4.69) is 10.6 Å². The fraction of sp³-hybridized carbons (Fsp3) is 0.222. The Balaban J connectivity index is 2.17.